The molecule has 0 unspecified atom stereocenters. The minimum absolute atomic E-state index is 0.105. The monoisotopic (exact) mass is 596 g/mol. The minimum atomic E-state index is -0.182. The van der Waals surface area contributed by atoms with E-state index in [2.05, 4.69) is 47.5 Å². The highest BCUT2D eigenvalue weighted by Crippen LogP contribution is 2.37. The van der Waals surface area contributed by atoms with Crippen molar-refractivity contribution in [3.8, 4) is 0 Å². The Kier molecular flexibility index (Phi) is 10.9. The predicted molar refractivity (Wildman–Crippen MR) is 168 cm³/mol. The fourth-order valence-electron chi connectivity index (χ4n) is 4.98. The van der Waals surface area contributed by atoms with Gasteiger partial charge in [-0.25, -0.2) is 9.59 Å². The van der Waals surface area contributed by atoms with Crippen LogP contribution < -0.4 is 21.2 Å². The first-order valence-corrected chi connectivity index (χ1v) is 14.7. The number of aromatic nitrogens is 4. The van der Waals surface area contributed by atoms with Crippen molar-refractivity contribution in [2.75, 3.05) is 36.0 Å². The number of nitrogens with one attached hydrogen (secondary N) is 2. The second-order valence-corrected chi connectivity index (χ2v) is 10.9. The summed E-state index contributed by atoms with van der Waals surface area (Å²) in [6.07, 6.45) is 4.12. The van der Waals surface area contributed by atoms with E-state index in [0.29, 0.717) is 20.6 Å². The van der Waals surface area contributed by atoms with E-state index >= 15 is 0 Å². The lowest BCUT2D eigenvalue weighted by atomic mass is 10.2. The summed E-state index contributed by atoms with van der Waals surface area (Å²) in [7, 11) is 3.50. The van der Waals surface area contributed by atoms with Gasteiger partial charge in [0.15, 0.2) is 0 Å². The van der Waals surface area contributed by atoms with Gasteiger partial charge in [0.1, 0.15) is 0 Å². The van der Waals surface area contributed by atoms with Gasteiger partial charge in [0, 0.05) is 40.3 Å². The number of hydrogen-bond acceptors (Lipinski definition) is 4. The van der Waals surface area contributed by atoms with E-state index in [0.717, 1.165) is 79.8 Å². The molecule has 0 bridgehead atoms. The smallest absolute Gasteiger partial charge is 0.326 e. The molecule has 0 aliphatic heterocycles. The maximum absolute atomic E-state index is 11.9. The zero-order valence-electron chi connectivity index (χ0n) is 23.6. The summed E-state index contributed by atoms with van der Waals surface area (Å²) in [5.74, 6) is 0. The van der Waals surface area contributed by atoms with Crippen LogP contribution in [-0.4, -0.2) is 45.3 Å². The molecule has 214 valence electrons. The van der Waals surface area contributed by atoms with Crippen molar-refractivity contribution in [1.29, 1.82) is 0 Å². The SMILES string of the molecule is CCCN(CCC)c1c(Cl)cc(Cl)c2[nH]c(=O)n(C)c12.CCCN(CCC)c1c(Cl)ccc2[nH]c(=O)n(C)c12. The number of imidazole rings is 2. The Morgan fingerprint density at radius 1 is 0.667 bits per heavy atom. The van der Waals surface area contributed by atoms with Gasteiger partial charge < -0.3 is 19.8 Å². The minimum Gasteiger partial charge on any atom is -0.369 e. The van der Waals surface area contributed by atoms with Crippen molar-refractivity contribution in [2.24, 2.45) is 14.1 Å². The summed E-state index contributed by atoms with van der Waals surface area (Å²) in [6, 6.07) is 5.42. The number of aromatic amines is 2. The molecule has 39 heavy (non-hydrogen) atoms. The molecule has 0 atom stereocenters. The van der Waals surface area contributed by atoms with Crippen molar-refractivity contribution in [3.63, 3.8) is 0 Å². The van der Waals surface area contributed by atoms with Crippen LogP contribution in [0, 0.1) is 0 Å². The highest BCUT2D eigenvalue weighted by molar-refractivity contribution is 6.40. The third kappa shape index (κ3) is 6.44. The number of fused-ring (bicyclic) bond motifs is 2. The van der Waals surface area contributed by atoms with Crippen LogP contribution in [0.15, 0.2) is 27.8 Å². The lowest BCUT2D eigenvalue weighted by molar-refractivity contribution is 0.744. The standard InChI is InChI=1S/C14H19Cl2N3O.C14H20ClN3O/c1-4-6-19(7-5-2)12-10(16)8-9(15)11-13(12)18(3)14(20)17-11;1-4-8-18(9-5-2)12-10(15)6-7-11-13(12)17(3)14(19)16-11/h8H,4-7H2,1-3H3,(H,17,20);6-7H,4-5,8-9H2,1-3H3,(H,16,19). The van der Waals surface area contributed by atoms with Gasteiger partial charge in [-0.1, -0.05) is 62.5 Å². The first-order chi connectivity index (χ1) is 18.6. The number of anilines is 2. The summed E-state index contributed by atoms with van der Waals surface area (Å²) in [5, 5.41) is 1.75. The number of nitrogens with zero attached hydrogens (tertiary/aromatic N) is 4. The molecule has 11 heteroatoms. The molecule has 0 saturated carbocycles. The fourth-order valence-corrected chi connectivity index (χ4v) is 5.87. The van der Waals surface area contributed by atoms with Crippen LogP contribution in [0.5, 0.6) is 0 Å². The van der Waals surface area contributed by atoms with Crippen LogP contribution in [0.3, 0.4) is 0 Å². The second kappa shape index (κ2) is 13.7. The zero-order chi connectivity index (χ0) is 28.9. The highest BCUT2D eigenvalue weighted by atomic mass is 35.5. The Balaban J connectivity index is 0.000000216. The van der Waals surface area contributed by atoms with Crippen molar-refractivity contribution >= 4 is 68.2 Å². The lowest BCUT2D eigenvalue weighted by Crippen LogP contribution is -2.26. The molecule has 4 aromatic rings. The van der Waals surface area contributed by atoms with E-state index in [9.17, 15) is 9.59 Å². The van der Waals surface area contributed by atoms with Crippen molar-refractivity contribution in [1.82, 2.24) is 19.1 Å². The lowest BCUT2D eigenvalue weighted by Gasteiger charge is -2.26. The maximum atomic E-state index is 11.9. The quantitative estimate of drug-likeness (QED) is 0.207. The second-order valence-electron chi connectivity index (χ2n) is 9.66. The molecular formula is C28H39Cl3N6O2. The molecule has 2 aromatic heterocycles. The van der Waals surface area contributed by atoms with E-state index in [1.165, 1.54) is 0 Å². The van der Waals surface area contributed by atoms with Crippen LogP contribution in [0.25, 0.3) is 22.1 Å². The topological polar surface area (TPSA) is 82.1 Å². The molecule has 2 N–H and O–H groups in total. The number of benzene rings is 2. The number of H-pyrrole nitrogens is 2. The number of hydrogen-bond donors (Lipinski definition) is 2. The first-order valence-electron chi connectivity index (χ1n) is 13.5. The van der Waals surface area contributed by atoms with Crippen molar-refractivity contribution in [3.05, 3.63) is 54.2 Å². The van der Waals surface area contributed by atoms with Crippen LogP contribution >= 0.6 is 34.8 Å². The Morgan fingerprint density at radius 3 is 1.64 bits per heavy atom. The average Bonchev–Trinajstić information content (AvgIpc) is 3.35. The van der Waals surface area contributed by atoms with Gasteiger partial charge in [-0.3, -0.25) is 9.13 Å². The van der Waals surface area contributed by atoms with Gasteiger partial charge in [-0.05, 0) is 43.9 Å². The summed E-state index contributed by atoms with van der Waals surface area (Å²) in [6.45, 7) is 12.2. The van der Waals surface area contributed by atoms with Gasteiger partial charge >= 0.3 is 11.4 Å². The van der Waals surface area contributed by atoms with E-state index in [-0.39, 0.29) is 11.4 Å². The van der Waals surface area contributed by atoms with Gasteiger partial charge in [0.2, 0.25) is 0 Å². The van der Waals surface area contributed by atoms with Crippen molar-refractivity contribution in [2.45, 2.75) is 53.4 Å². The molecule has 0 spiro atoms. The van der Waals surface area contributed by atoms with E-state index in [4.69, 9.17) is 34.8 Å². The number of halogens is 3. The summed E-state index contributed by atoms with van der Waals surface area (Å²) in [5.41, 5.74) is 4.71. The number of aryl methyl sites for hydroxylation is 2. The molecule has 0 radical (unpaired) electrons. The molecule has 2 heterocycles. The first kappa shape index (κ1) is 31.0. The van der Waals surface area contributed by atoms with Crippen LogP contribution in [0.2, 0.25) is 15.1 Å². The van der Waals surface area contributed by atoms with Crippen LogP contribution in [0.4, 0.5) is 11.4 Å². The molecule has 0 saturated heterocycles. The van der Waals surface area contributed by atoms with Gasteiger partial charge in [-0.2, -0.15) is 0 Å². The molecule has 8 nitrogen and oxygen atoms in total. The molecule has 0 fully saturated rings. The van der Waals surface area contributed by atoms with Crippen LogP contribution in [0.1, 0.15) is 53.4 Å². The summed E-state index contributed by atoms with van der Waals surface area (Å²) in [4.78, 5) is 33.8. The van der Waals surface area contributed by atoms with Gasteiger partial charge in [-0.15, -0.1) is 0 Å². The fraction of sp³-hybridized carbons (Fsp3) is 0.500. The van der Waals surface area contributed by atoms with E-state index in [1.807, 2.05) is 12.1 Å². The molecule has 2 aromatic carbocycles. The number of rotatable bonds is 10. The normalized spacial score (nSPS) is 11.2. The molecule has 0 aliphatic carbocycles. The third-order valence-electron chi connectivity index (χ3n) is 6.64. The van der Waals surface area contributed by atoms with Gasteiger partial charge in [0.25, 0.3) is 0 Å². The third-order valence-corrected chi connectivity index (χ3v) is 7.53. The van der Waals surface area contributed by atoms with E-state index < -0.39 is 0 Å². The zero-order valence-corrected chi connectivity index (χ0v) is 25.9. The molecule has 4 rings (SSSR count). The molecule has 0 aliphatic rings. The maximum Gasteiger partial charge on any atom is 0.326 e. The predicted octanol–water partition coefficient (Wildman–Crippen LogP) is 6.95. The molecular weight excluding hydrogens is 559 g/mol. The Hall–Kier alpha value is -2.55. The molecule has 0 amide bonds. The summed E-state index contributed by atoms with van der Waals surface area (Å²) >= 11 is 19.0. The van der Waals surface area contributed by atoms with Crippen molar-refractivity contribution < 1.29 is 0 Å². The Morgan fingerprint density at radius 2 is 1.13 bits per heavy atom. The Labute approximate surface area is 244 Å². The average molecular weight is 598 g/mol. The summed E-state index contributed by atoms with van der Waals surface area (Å²) < 4.78 is 3.20. The highest BCUT2D eigenvalue weighted by Gasteiger charge is 2.20. The van der Waals surface area contributed by atoms with E-state index in [1.54, 1.807) is 29.3 Å². The Bertz CT molecular complexity index is 1520. The van der Waals surface area contributed by atoms with Gasteiger partial charge in [0.05, 0.1) is 48.5 Å². The largest absolute Gasteiger partial charge is 0.369 e. The van der Waals surface area contributed by atoms with Crippen LogP contribution in [-0.2, 0) is 14.1 Å².